The Balaban J connectivity index is 2.74. The Bertz CT molecular complexity index is 274. The van der Waals surface area contributed by atoms with E-state index in [-0.39, 0.29) is 18.1 Å². The summed E-state index contributed by atoms with van der Waals surface area (Å²) in [6, 6.07) is 0.370. The van der Waals surface area contributed by atoms with Crippen LogP contribution in [0.15, 0.2) is 0 Å². The number of nitrogens with zero attached hydrogens (tertiary/aromatic N) is 1. The predicted octanol–water partition coefficient (Wildman–Crippen LogP) is 2.74. The molecule has 1 rings (SSSR count). The van der Waals surface area contributed by atoms with Crippen LogP contribution in [0, 0.1) is 11.8 Å². The number of Topliss-reactive ketones (excluding diaryl/α,β-unsaturated/α-hetero) is 1. The third kappa shape index (κ3) is 3.79. The van der Waals surface area contributed by atoms with E-state index in [0.717, 1.165) is 19.6 Å². The second kappa shape index (κ2) is 6.67. The molecule has 0 bridgehead atoms. The Morgan fingerprint density at radius 1 is 1.22 bits per heavy atom. The molecule has 0 N–H and O–H groups in total. The minimum atomic E-state index is -0.0382. The van der Waals surface area contributed by atoms with E-state index in [2.05, 4.69) is 32.6 Å². The lowest BCUT2D eigenvalue weighted by Gasteiger charge is -2.31. The summed E-state index contributed by atoms with van der Waals surface area (Å²) in [4.78, 5) is 14.7. The molecule has 3 heteroatoms. The maximum absolute atomic E-state index is 12.4. The number of hydrogen-bond donors (Lipinski definition) is 0. The lowest BCUT2D eigenvalue weighted by Crippen LogP contribution is -2.47. The Hall–Kier alpha value is -0.410. The molecular weight excluding hydrogens is 226 g/mol. The first kappa shape index (κ1) is 15.6. The van der Waals surface area contributed by atoms with Crippen LogP contribution in [-0.2, 0) is 9.53 Å². The maximum Gasteiger partial charge on any atom is 0.155 e. The van der Waals surface area contributed by atoms with Gasteiger partial charge in [-0.1, -0.05) is 27.7 Å². The maximum atomic E-state index is 12.4. The molecule has 2 atom stereocenters. The van der Waals surface area contributed by atoms with Gasteiger partial charge in [-0.15, -0.1) is 0 Å². The third-order valence-corrected chi connectivity index (χ3v) is 3.55. The standard InChI is InChI=1S/C15H29NO2/c1-10(2)9-18-13-7-8-16(12(5)6)14(13)15(17)11(3)4/h10-14H,7-9H2,1-6H3/t13-,14-/m0/s1. The average Bonchev–Trinajstić information content (AvgIpc) is 2.68. The Kier molecular flexibility index (Phi) is 5.80. The van der Waals surface area contributed by atoms with Gasteiger partial charge in [-0.2, -0.15) is 0 Å². The zero-order valence-electron chi connectivity index (χ0n) is 12.8. The first-order valence-corrected chi connectivity index (χ1v) is 7.25. The molecule has 1 aliphatic rings. The molecule has 0 saturated carbocycles. The van der Waals surface area contributed by atoms with Crippen molar-refractivity contribution in [1.82, 2.24) is 4.90 Å². The summed E-state index contributed by atoms with van der Waals surface area (Å²) in [7, 11) is 0. The van der Waals surface area contributed by atoms with Gasteiger partial charge in [-0.25, -0.2) is 0 Å². The summed E-state index contributed by atoms with van der Waals surface area (Å²) in [6.45, 7) is 14.3. The van der Waals surface area contributed by atoms with Crippen molar-refractivity contribution < 1.29 is 9.53 Å². The molecule has 18 heavy (non-hydrogen) atoms. The third-order valence-electron chi connectivity index (χ3n) is 3.55. The number of ketones is 1. The van der Waals surface area contributed by atoms with E-state index in [0.29, 0.717) is 17.7 Å². The van der Waals surface area contributed by atoms with Crippen LogP contribution in [0.5, 0.6) is 0 Å². The molecule has 106 valence electrons. The van der Waals surface area contributed by atoms with Gasteiger partial charge in [-0.3, -0.25) is 9.69 Å². The average molecular weight is 255 g/mol. The van der Waals surface area contributed by atoms with Crippen LogP contribution >= 0.6 is 0 Å². The fourth-order valence-corrected chi connectivity index (χ4v) is 2.54. The van der Waals surface area contributed by atoms with Crippen molar-refractivity contribution >= 4 is 5.78 Å². The number of likely N-dealkylation sites (tertiary alicyclic amines) is 1. The topological polar surface area (TPSA) is 29.5 Å². The Labute approximate surface area is 112 Å². The molecular formula is C15H29NO2. The Morgan fingerprint density at radius 3 is 2.28 bits per heavy atom. The number of ether oxygens (including phenoxy) is 1. The van der Waals surface area contributed by atoms with Gasteiger partial charge in [0.25, 0.3) is 0 Å². The zero-order valence-corrected chi connectivity index (χ0v) is 12.8. The molecule has 0 aromatic rings. The summed E-state index contributed by atoms with van der Waals surface area (Å²) >= 11 is 0. The van der Waals surface area contributed by atoms with E-state index in [4.69, 9.17) is 4.74 Å². The van der Waals surface area contributed by atoms with Crippen molar-refractivity contribution in [2.24, 2.45) is 11.8 Å². The lowest BCUT2D eigenvalue weighted by molar-refractivity contribution is -0.131. The first-order chi connectivity index (χ1) is 8.34. The molecule has 1 aliphatic heterocycles. The number of hydrogen-bond acceptors (Lipinski definition) is 3. The van der Waals surface area contributed by atoms with E-state index in [1.165, 1.54) is 0 Å². The molecule has 0 spiro atoms. The van der Waals surface area contributed by atoms with Crippen LogP contribution in [0.1, 0.15) is 48.0 Å². The van der Waals surface area contributed by atoms with Gasteiger partial charge in [0.1, 0.15) is 0 Å². The Morgan fingerprint density at radius 2 is 1.83 bits per heavy atom. The summed E-state index contributed by atoms with van der Waals surface area (Å²) in [5.41, 5.74) is 0. The highest BCUT2D eigenvalue weighted by Crippen LogP contribution is 2.26. The number of carbonyl (C=O) groups is 1. The van der Waals surface area contributed by atoms with E-state index in [1.807, 2.05) is 13.8 Å². The van der Waals surface area contributed by atoms with Gasteiger partial charge in [0, 0.05) is 25.1 Å². The molecule has 1 saturated heterocycles. The second-order valence-electron chi connectivity index (χ2n) is 6.39. The molecule has 0 radical (unpaired) electrons. The highest BCUT2D eigenvalue weighted by molar-refractivity contribution is 5.86. The fraction of sp³-hybridized carbons (Fsp3) is 0.933. The predicted molar refractivity (Wildman–Crippen MR) is 74.7 cm³/mol. The monoisotopic (exact) mass is 255 g/mol. The molecule has 3 nitrogen and oxygen atoms in total. The molecule has 0 amide bonds. The van der Waals surface area contributed by atoms with Gasteiger partial charge in [0.15, 0.2) is 5.78 Å². The van der Waals surface area contributed by atoms with Crippen LogP contribution in [0.3, 0.4) is 0 Å². The normalized spacial score (nSPS) is 25.6. The van der Waals surface area contributed by atoms with Crippen LogP contribution in [0.2, 0.25) is 0 Å². The minimum Gasteiger partial charge on any atom is -0.376 e. The molecule has 0 aliphatic carbocycles. The van der Waals surface area contributed by atoms with Crippen LogP contribution in [0.4, 0.5) is 0 Å². The fourth-order valence-electron chi connectivity index (χ4n) is 2.54. The number of rotatable bonds is 6. The SMILES string of the molecule is CC(C)CO[C@H]1CCN(C(C)C)[C@@H]1C(=O)C(C)C. The van der Waals surface area contributed by atoms with Crippen molar-refractivity contribution in [2.45, 2.75) is 66.2 Å². The first-order valence-electron chi connectivity index (χ1n) is 7.25. The van der Waals surface area contributed by atoms with Crippen LogP contribution in [0.25, 0.3) is 0 Å². The van der Waals surface area contributed by atoms with Crippen molar-refractivity contribution in [3.63, 3.8) is 0 Å². The highest BCUT2D eigenvalue weighted by atomic mass is 16.5. The molecule has 1 fully saturated rings. The highest BCUT2D eigenvalue weighted by Gasteiger charge is 2.41. The van der Waals surface area contributed by atoms with Crippen molar-refractivity contribution in [1.29, 1.82) is 0 Å². The molecule has 0 unspecified atom stereocenters. The quantitative estimate of drug-likeness (QED) is 0.731. The smallest absolute Gasteiger partial charge is 0.155 e. The van der Waals surface area contributed by atoms with Crippen molar-refractivity contribution in [3.05, 3.63) is 0 Å². The van der Waals surface area contributed by atoms with Crippen molar-refractivity contribution in [2.75, 3.05) is 13.2 Å². The van der Waals surface area contributed by atoms with Gasteiger partial charge in [-0.05, 0) is 26.2 Å². The van der Waals surface area contributed by atoms with Gasteiger partial charge >= 0.3 is 0 Å². The zero-order chi connectivity index (χ0) is 13.9. The summed E-state index contributed by atoms with van der Waals surface area (Å²) in [5.74, 6) is 0.933. The van der Waals surface area contributed by atoms with Gasteiger partial charge in [0.2, 0.25) is 0 Å². The van der Waals surface area contributed by atoms with Gasteiger partial charge < -0.3 is 4.74 Å². The van der Waals surface area contributed by atoms with Crippen LogP contribution in [-0.4, -0.2) is 42.0 Å². The minimum absolute atomic E-state index is 0.0382. The van der Waals surface area contributed by atoms with E-state index in [1.54, 1.807) is 0 Å². The molecule has 1 heterocycles. The van der Waals surface area contributed by atoms with Crippen molar-refractivity contribution in [3.8, 4) is 0 Å². The summed E-state index contributed by atoms with van der Waals surface area (Å²) in [6.07, 6.45) is 1.07. The summed E-state index contributed by atoms with van der Waals surface area (Å²) in [5, 5.41) is 0. The second-order valence-corrected chi connectivity index (χ2v) is 6.39. The van der Waals surface area contributed by atoms with E-state index in [9.17, 15) is 4.79 Å². The number of carbonyl (C=O) groups excluding carboxylic acids is 1. The summed E-state index contributed by atoms with van der Waals surface area (Å²) < 4.78 is 5.97. The van der Waals surface area contributed by atoms with E-state index >= 15 is 0 Å². The molecule has 0 aromatic heterocycles. The van der Waals surface area contributed by atoms with Gasteiger partial charge in [0.05, 0.1) is 12.1 Å². The van der Waals surface area contributed by atoms with Crippen LogP contribution < -0.4 is 0 Å². The lowest BCUT2D eigenvalue weighted by atomic mass is 9.97. The largest absolute Gasteiger partial charge is 0.376 e. The van der Waals surface area contributed by atoms with E-state index < -0.39 is 0 Å². The molecule has 0 aromatic carbocycles.